The third kappa shape index (κ3) is 4.85. The summed E-state index contributed by atoms with van der Waals surface area (Å²) in [5.41, 5.74) is 1.05. The first-order chi connectivity index (χ1) is 16.7. The molecule has 0 aromatic heterocycles. The van der Waals surface area contributed by atoms with Crippen LogP contribution in [0.5, 0.6) is 11.5 Å². The van der Waals surface area contributed by atoms with E-state index in [0.717, 1.165) is 12.1 Å². The summed E-state index contributed by atoms with van der Waals surface area (Å²) in [6.45, 7) is 0. The van der Waals surface area contributed by atoms with Crippen LogP contribution in [-0.2, 0) is 0 Å². The second-order valence-electron chi connectivity index (χ2n) is 7.38. The zero-order chi connectivity index (χ0) is 25.2. The number of nitrogens with zero attached hydrogens (tertiary/aromatic N) is 2. The topological polar surface area (TPSA) is 106 Å². The minimum atomic E-state index is -5.05. The average Bonchev–Trinajstić information content (AvgIpc) is 2.84. The molecule has 0 radical (unpaired) electrons. The number of carbonyl (C=O) groups is 1. The van der Waals surface area contributed by atoms with Crippen LogP contribution >= 0.6 is 0 Å². The van der Waals surface area contributed by atoms with E-state index in [1.165, 1.54) is 12.1 Å². The molecule has 0 saturated carbocycles. The number of nitriles is 2. The maximum Gasteiger partial charge on any atom is 0.573 e. The van der Waals surface area contributed by atoms with Crippen molar-refractivity contribution < 1.29 is 27.8 Å². The minimum Gasteiger partial charge on any atom is -0.506 e. The summed E-state index contributed by atoms with van der Waals surface area (Å²) in [6.07, 6.45) is -5.05. The Morgan fingerprint density at radius 2 is 1.51 bits per heavy atom. The maximum atomic E-state index is 13.1. The van der Waals surface area contributed by atoms with Gasteiger partial charge in [-0.1, -0.05) is 36.4 Å². The van der Waals surface area contributed by atoms with E-state index in [-0.39, 0.29) is 22.6 Å². The number of amides is 1. The molecule has 0 heterocycles. The Kier molecular flexibility index (Phi) is 6.01. The summed E-state index contributed by atoms with van der Waals surface area (Å²) in [7, 11) is 0. The van der Waals surface area contributed by atoms with Crippen LogP contribution in [0, 0.1) is 22.7 Å². The Morgan fingerprint density at radius 1 is 0.886 bits per heavy atom. The third-order valence-corrected chi connectivity index (χ3v) is 5.17. The summed E-state index contributed by atoms with van der Waals surface area (Å²) in [5.74, 6) is -2.01. The highest BCUT2D eigenvalue weighted by molar-refractivity contribution is 6.13. The monoisotopic (exact) mass is 473 g/mol. The quantitative estimate of drug-likeness (QED) is 0.372. The first kappa shape index (κ1) is 23.1. The number of ether oxygens (including phenoxy) is 1. The van der Waals surface area contributed by atoms with Crippen molar-refractivity contribution in [2.75, 3.05) is 5.32 Å². The number of nitrogens with one attached hydrogen (secondary N) is 1. The van der Waals surface area contributed by atoms with Gasteiger partial charge < -0.3 is 15.2 Å². The summed E-state index contributed by atoms with van der Waals surface area (Å²) in [5, 5.41) is 32.2. The number of fused-ring (bicyclic) bond motifs is 1. The molecular weight excluding hydrogens is 459 g/mol. The predicted octanol–water partition coefficient (Wildman–Crippen LogP) is 6.11. The molecule has 0 aliphatic carbocycles. The second kappa shape index (κ2) is 9.08. The molecule has 9 heteroatoms. The largest absolute Gasteiger partial charge is 0.573 e. The molecule has 0 spiro atoms. The number of phenols is 1. The van der Waals surface area contributed by atoms with Crippen LogP contribution in [0.1, 0.15) is 21.5 Å². The minimum absolute atomic E-state index is 0.0982. The Bertz CT molecular complexity index is 1530. The van der Waals surface area contributed by atoms with Gasteiger partial charge in [-0.15, -0.1) is 13.2 Å². The number of rotatable bonds is 4. The lowest BCUT2D eigenvalue weighted by molar-refractivity contribution is -0.274. The summed E-state index contributed by atoms with van der Waals surface area (Å²) in [4.78, 5) is 13.1. The fraction of sp³-hybridized carbons (Fsp3) is 0.0385. The predicted molar refractivity (Wildman–Crippen MR) is 122 cm³/mol. The first-order valence-electron chi connectivity index (χ1n) is 10.1. The van der Waals surface area contributed by atoms with Gasteiger partial charge in [0.1, 0.15) is 5.75 Å². The van der Waals surface area contributed by atoms with Crippen LogP contribution < -0.4 is 10.1 Å². The van der Waals surface area contributed by atoms with Gasteiger partial charge in [-0.2, -0.15) is 10.5 Å². The van der Waals surface area contributed by atoms with Gasteiger partial charge in [-0.25, -0.2) is 0 Å². The molecule has 0 bridgehead atoms. The van der Waals surface area contributed by atoms with Crippen molar-refractivity contribution in [3.8, 4) is 34.8 Å². The van der Waals surface area contributed by atoms with Gasteiger partial charge in [0.05, 0.1) is 34.5 Å². The summed E-state index contributed by atoms with van der Waals surface area (Å²) < 4.78 is 42.6. The molecule has 0 unspecified atom stereocenters. The van der Waals surface area contributed by atoms with E-state index in [9.17, 15) is 23.1 Å². The van der Waals surface area contributed by atoms with Crippen LogP contribution in [0.2, 0.25) is 0 Å². The molecule has 1 amide bonds. The van der Waals surface area contributed by atoms with Crippen molar-refractivity contribution >= 4 is 22.4 Å². The Balaban J connectivity index is 1.81. The van der Waals surface area contributed by atoms with Crippen molar-refractivity contribution in [1.29, 1.82) is 10.5 Å². The van der Waals surface area contributed by atoms with Gasteiger partial charge >= 0.3 is 6.36 Å². The van der Waals surface area contributed by atoms with E-state index in [2.05, 4.69) is 10.1 Å². The third-order valence-electron chi connectivity index (χ3n) is 5.17. The standard InChI is InChI=1S/C26H14F3N3O3/c27-26(28,29)35-23-11-16(14-31)7-10-22(23)32-25(34)21-12-20(17-8-5-15(13-30)6-9-17)18-3-1-2-4-19(18)24(21)33/h1-12,33H,(H,32,34). The number of hydrogen-bond acceptors (Lipinski definition) is 5. The smallest absolute Gasteiger partial charge is 0.506 e. The molecule has 4 aromatic carbocycles. The fourth-order valence-electron chi connectivity index (χ4n) is 3.59. The Hall–Kier alpha value is -5.02. The molecule has 4 aromatic rings. The van der Waals surface area contributed by atoms with Crippen LogP contribution in [0.25, 0.3) is 21.9 Å². The number of anilines is 1. The second-order valence-corrected chi connectivity index (χ2v) is 7.38. The normalized spacial score (nSPS) is 10.9. The SMILES string of the molecule is N#Cc1ccc(-c2cc(C(=O)Nc3ccc(C#N)cc3OC(F)(F)F)c(O)c3ccccc23)cc1. The lowest BCUT2D eigenvalue weighted by atomic mass is 9.94. The molecule has 35 heavy (non-hydrogen) atoms. The lowest BCUT2D eigenvalue weighted by Gasteiger charge is -2.16. The zero-order valence-electron chi connectivity index (χ0n) is 17.7. The Morgan fingerprint density at radius 3 is 2.14 bits per heavy atom. The molecule has 0 saturated heterocycles. The van der Waals surface area contributed by atoms with Crippen LogP contribution in [0.4, 0.5) is 18.9 Å². The zero-order valence-corrected chi connectivity index (χ0v) is 17.7. The van der Waals surface area contributed by atoms with Crippen molar-refractivity contribution in [1.82, 2.24) is 0 Å². The molecule has 0 aliphatic rings. The fourth-order valence-corrected chi connectivity index (χ4v) is 3.59. The van der Waals surface area contributed by atoms with Gasteiger partial charge in [0.25, 0.3) is 5.91 Å². The van der Waals surface area contributed by atoms with Crippen LogP contribution in [0.3, 0.4) is 0 Å². The highest BCUT2D eigenvalue weighted by Gasteiger charge is 2.32. The lowest BCUT2D eigenvalue weighted by Crippen LogP contribution is -2.20. The molecule has 0 atom stereocenters. The summed E-state index contributed by atoms with van der Waals surface area (Å²) in [6, 6.07) is 21.7. The highest BCUT2D eigenvalue weighted by atomic mass is 19.4. The van der Waals surface area contributed by atoms with E-state index < -0.39 is 18.0 Å². The number of halogens is 3. The Labute approximate surface area is 197 Å². The molecule has 0 fully saturated rings. The molecule has 4 rings (SSSR count). The molecular formula is C26H14F3N3O3. The van der Waals surface area contributed by atoms with Crippen LogP contribution in [0.15, 0.2) is 72.8 Å². The molecule has 172 valence electrons. The number of alkyl halides is 3. The van der Waals surface area contributed by atoms with Gasteiger partial charge in [-0.05, 0) is 46.8 Å². The van der Waals surface area contributed by atoms with Gasteiger partial charge in [0.15, 0.2) is 5.75 Å². The molecule has 6 nitrogen and oxygen atoms in total. The number of aromatic hydroxyl groups is 1. The van der Waals surface area contributed by atoms with E-state index in [4.69, 9.17) is 10.5 Å². The molecule has 2 N–H and O–H groups in total. The molecule has 0 aliphatic heterocycles. The van der Waals surface area contributed by atoms with Gasteiger partial charge in [-0.3, -0.25) is 4.79 Å². The number of carbonyl (C=O) groups excluding carboxylic acids is 1. The van der Waals surface area contributed by atoms with Crippen LogP contribution in [-0.4, -0.2) is 17.4 Å². The van der Waals surface area contributed by atoms with Crippen molar-refractivity contribution in [3.05, 3.63) is 89.5 Å². The maximum absolute atomic E-state index is 13.1. The first-order valence-corrected chi connectivity index (χ1v) is 10.1. The summed E-state index contributed by atoms with van der Waals surface area (Å²) >= 11 is 0. The van der Waals surface area contributed by atoms with Crippen molar-refractivity contribution in [2.45, 2.75) is 6.36 Å². The average molecular weight is 473 g/mol. The van der Waals surface area contributed by atoms with E-state index in [0.29, 0.717) is 27.5 Å². The van der Waals surface area contributed by atoms with Gasteiger partial charge in [0, 0.05) is 11.5 Å². The number of hydrogen-bond donors (Lipinski definition) is 2. The van der Waals surface area contributed by atoms with Gasteiger partial charge in [0.2, 0.25) is 0 Å². The number of phenolic OH excluding ortho intramolecular Hbond substituents is 1. The van der Waals surface area contributed by atoms with E-state index in [1.54, 1.807) is 54.6 Å². The van der Waals surface area contributed by atoms with E-state index in [1.807, 2.05) is 6.07 Å². The van der Waals surface area contributed by atoms with Crippen molar-refractivity contribution in [3.63, 3.8) is 0 Å². The van der Waals surface area contributed by atoms with E-state index >= 15 is 0 Å². The van der Waals surface area contributed by atoms with Crippen molar-refractivity contribution in [2.24, 2.45) is 0 Å². The highest BCUT2D eigenvalue weighted by Crippen LogP contribution is 2.38. The number of benzene rings is 4.